The molecule has 1 N–H and O–H groups in total. The van der Waals surface area contributed by atoms with E-state index in [1.165, 1.54) is 31.2 Å². The van der Waals surface area contributed by atoms with Gasteiger partial charge in [-0.15, -0.1) is 5.10 Å². The monoisotopic (exact) mass is 350 g/mol. The molecule has 1 aliphatic carbocycles. The molecule has 1 fully saturated rings. The van der Waals surface area contributed by atoms with Crippen LogP contribution in [-0.2, 0) is 13.0 Å². The quantitative estimate of drug-likeness (QED) is 0.698. The predicted octanol–water partition coefficient (Wildman–Crippen LogP) is 3.97. The van der Waals surface area contributed by atoms with Crippen LogP contribution in [0.25, 0.3) is 11.2 Å². The first-order valence-corrected chi connectivity index (χ1v) is 9.74. The fraction of sp³-hybridized carbons (Fsp3) is 0.500. The van der Waals surface area contributed by atoms with Gasteiger partial charge in [0.05, 0.1) is 6.54 Å². The van der Waals surface area contributed by atoms with Crippen LogP contribution in [0.4, 0.5) is 5.82 Å². The zero-order chi connectivity index (χ0) is 17.8. The number of nitrogens with one attached hydrogen (secondary N) is 1. The molecule has 0 amide bonds. The lowest BCUT2D eigenvalue weighted by Gasteiger charge is -2.13. The third-order valence-corrected chi connectivity index (χ3v) is 5.03. The predicted molar refractivity (Wildman–Crippen MR) is 103 cm³/mol. The molecule has 0 atom stereocenters. The molecule has 0 unspecified atom stereocenters. The summed E-state index contributed by atoms with van der Waals surface area (Å²) in [4.78, 5) is 9.58. The van der Waals surface area contributed by atoms with Crippen molar-refractivity contribution in [2.24, 2.45) is 0 Å². The molecule has 0 bridgehead atoms. The molecule has 1 aromatic carbocycles. The van der Waals surface area contributed by atoms with Gasteiger partial charge in [0, 0.05) is 12.5 Å². The van der Waals surface area contributed by atoms with Gasteiger partial charge in [0.1, 0.15) is 5.82 Å². The Balaban J connectivity index is 1.69. The summed E-state index contributed by atoms with van der Waals surface area (Å²) in [6.07, 6.45) is 8.09. The van der Waals surface area contributed by atoms with Gasteiger partial charge < -0.3 is 5.32 Å². The summed E-state index contributed by atoms with van der Waals surface area (Å²) in [5.74, 6) is 1.74. The van der Waals surface area contributed by atoms with Gasteiger partial charge in [-0.3, -0.25) is 0 Å². The van der Waals surface area contributed by atoms with Gasteiger partial charge in [0.25, 0.3) is 0 Å². The number of hydrogen-bond acceptors (Lipinski definition) is 5. The Morgan fingerprint density at radius 3 is 2.69 bits per heavy atom. The number of aromatic nitrogens is 5. The maximum atomic E-state index is 4.79. The Morgan fingerprint density at radius 1 is 1.12 bits per heavy atom. The smallest absolute Gasteiger partial charge is 0.184 e. The van der Waals surface area contributed by atoms with Gasteiger partial charge in [-0.05, 0) is 24.8 Å². The van der Waals surface area contributed by atoms with Crippen molar-refractivity contribution in [3.63, 3.8) is 0 Å². The summed E-state index contributed by atoms with van der Waals surface area (Å²) in [7, 11) is 0. The van der Waals surface area contributed by atoms with Gasteiger partial charge in [-0.1, -0.05) is 61.7 Å². The van der Waals surface area contributed by atoms with Crippen LogP contribution in [0.3, 0.4) is 0 Å². The Kier molecular flexibility index (Phi) is 5.09. The van der Waals surface area contributed by atoms with E-state index in [9.17, 15) is 0 Å². The minimum atomic E-state index is 0.492. The van der Waals surface area contributed by atoms with E-state index < -0.39 is 0 Å². The van der Waals surface area contributed by atoms with Crippen LogP contribution >= 0.6 is 0 Å². The lowest BCUT2D eigenvalue weighted by atomic mass is 10.2. The highest BCUT2D eigenvalue weighted by molar-refractivity contribution is 5.82. The van der Waals surface area contributed by atoms with E-state index in [2.05, 4.69) is 34.7 Å². The van der Waals surface area contributed by atoms with Crippen LogP contribution in [0, 0.1) is 0 Å². The van der Waals surface area contributed by atoms with Crippen LogP contribution in [0.2, 0.25) is 0 Å². The summed E-state index contributed by atoms with van der Waals surface area (Å²) in [6.45, 7) is 2.86. The Bertz CT molecular complexity index is 851. The highest BCUT2D eigenvalue weighted by Crippen LogP contribution is 2.25. The molecule has 3 aromatic rings. The highest BCUT2D eigenvalue weighted by atomic mass is 15.4. The van der Waals surface area contributed by atoms with Crippen LogP contribution in [0.5, 0.6) is 0 Å². The van der Waals surface area contributed by atoms with Gasteiger partial charge in [0.2, 0.25) is 0 Å². The fourth-order valence-corrected chi connectivity index (χ4v) is 3.57. The first kappa shape index (κ1) is 16.9. The van der Waals surface area contributed by atoms with Crippen molar-refractivity contribution >= 4 is 17.0 Å². The molecule has 0 radical (unpaired) electrons. The molecular formula is C20H26N6. The minimum Gasteiger partial charge on any atom is -0.365 e. The third-order valence-electron chi connectivity index (χ3n) is 5.03. The maximum Gasteiger partial charge on any atom is 0.184 e. The van der Waals surface area contributed by atoms with Crippen molar-refractivity contribution in [1.29, 1.82) is 0 Å². The minimum absolute atomic E-state index is 0.492. The van der Waals surface area contributed by atoms with E-state index >= 15 is 0 Å². The Morgan fingerprint density at radius 2 is 1.92 bits per heavy atom. The highest BCUT2D eigenvalue weighted by Gasteiger charge is 2.20. The normalized spacial score (nSPS) is 15.0. The van der Waals surface area contributed by atoms with Gasteiger partial charge in [-0.2, -0.15) is 0 Å². The topological polar surface area (TPSA) is 68.5 Å². The molecule has 4 rings (SSSR count). The molecule has 6 heteroatoms. The lowest BCUT2D eigenvalue weighted by molar-refractivity contribution is 0.661. The number of fused-ring (bicyclic) bond motifs is 1. The van der Waals surface area contributed by atoms with Gasteiger partial charge >= 0.3 is 0 Å². The maximum absolute atomic E-state index is 4.79. The van der Waals surface area contributed by atoms with Gasteiger partial charge in [0.15, 0.2) is 17.0 Å². The third kappa shape index (κ3) is 3.69. The molecule has 136 valence electrons. The molecule has 1 aliphatic rings. The zero-order valence-electron chi connectivity index (χ0n) is 15.4. The summed E-state index contributed by atoms with van der Waals surface area (Å²) < 4.78 is 1.89. The Hall–Kier alpha value is -2.50. The molecule has 0 saturated heterocycles. The molecule has 0 spiro atoms. The Labute approximate surface area is 154 Å². The number of unbranched alkanes of at least 4 members (excludes halogenated alkanes) is 1. The van der Waals surface area contributed by atoms with Crippen LogP contribution < -0.4 is 5.32 Å². The largest absolute Gasteiger partial charge is 0.365 e. The number of anilines is 1. The van der Waals surface area contributed by atoms with Crippen molar-refractivity contribution in [2.45, 2.75) is 64.5 Å². The molecule has 2 aromatic heterocycles. The van der Waals surface area contributed by atoms with Gasteiger partial charge in [-0.25, -0.2) is 14.6 Å². The second-order valence-corrected chi connectivity index (χ2v) is 7.12. The van der Waals surface area contributed by atoms with E-state index in [1.807, 2.05) is 22.9 Å². The molecule has 1 saturated carbocycles. The average molecular weight is 350 g/mol. The van der Waals surface area contributed by atoms with E-state index in [-0.39, 0.29) is 0 Å². The van der Waals surface area contributed by atoms with Crippen LogP contribution in [0.1, 0.15) is 56.8 Å². The van der Waals surface area contributed by atoms with Crippen LogP contribution in [0.15, 0.2) is 30.3 Å². The molecular weight excluding hydrogens is 324 g/mol. The standard InChI is InChI=1S/C20H26N6/c1-2-3-13-17-22-19(21-16-11-7-8-12-16)18-20(23-17)26(25-24-18)14-15-9-5-4-6-10-15/h4-6,9-10,16H,2-3,7-8,11-14H2,1H3,(H,21,22,23). The van der Waals surface area contributed by atoms with Crippen molar-refractivity contribution < 1.29 is 0 Å². The summed E-state index contributed by atoms with van der Waals surface area (Å²) in [5.41, 5.74) is 2.81. The molecule has 6 nitrogen and oxygen atoms in total. The molecule has 0 aliphatic heterocycles. The SMILES string of the molecule is CCCCc1nc(NC2CCCC2)c2nnn(Cc3ccccc3)c2n1. The zero-order valence-corrected chi connectivity index (χ0v) is 15.4. The van der Waals surface area contributed by atoms with Crippen molar-refractivity contribution in [3.05, 3.63) is 41.7 Å². The molecule has 26 heavy (non-hydrogen) atoms. The fourth-order valence-electron chi connectivity index (χ4n) is 3.57. The first-order chi connectivity index (χ1) is 12.8. The van der Waals surface area contributed by atoms with E-state index in [0.717, 1.165) is 42.1 Å². The van der Waals surface area contributed by atoms with Crippen molar-refractivity contribution in [2.75, 3.05) is 5.32 Å². The van der Waals surface area contributed by atoms with E-state index in [4.69, 9.17) is 9.97 Å². The summed E-state index contributed by atoms with van der Waals surface area (Å²) in [6, 6.07) is 10.8. The number of rotatable bonds is 7. The van der Waals surface area contributed by atoms with E-state index in [0.29, 0.717) is 12.6 Å². The second-order valence-electron chi connectivity index (χ2n) is 7.12. The summed E-state index contributed by atoms with van der Waals surface area (Å²) >= 11 is 0. The number of aryl methyl sites for hydroxylation is 1. The lowest BCUT2D eigenvalue weighted by Crippen LogP contribution is -2.17. The summed E-state index contributed by atoms with van der Waals surface area (Å²) in [5, 5.41) is 12.4. The molecule has 2 heterocycles. The number of benzene rings is 1. The average Bonchev–Trinajstić information content (AvgIpc) is 3.31. The number of hydrogen-bond donors (Lipinski definition) is 1. The number of nitrogens with zero attached hydrogens (tertiary/aromatic N) is 5. The van der Waals surface area contributed by atoms with Crippen molar-refractivity contribution in [3.8, 4) is 0 Å². The van der Waals surface area contributed by atoms with Crippen LogP contribution in [-0.4, -0.2) is 31.0 Å². The van der Waals surface area contributed by atoms with Crippen molar-refractivity contribution in [1.82, 2.24) is 25.0 Å². The first-order valence-electron chi connectivity index (χ1n) is 9.74. The second kappa shape index (κ2) is 7.81. The van der Waals surface area contributed by atoms with E-state index in [1.54, 1.807) is 0 Å².